The number of hydrogen-bond acceptors (Lipinski definition) is 1. The molecule has 0 saturated carbocycles. The van der Waals surface area contributed by atoms with E-state index in [2.05, 4.69) is 13.0 Å². The minimum absolute atomic E-state index is 0.813. The van der Waals surface area contributed by atoms with E-state index in [9.17, 15) is 0 Å². The summed E-state index contributed by atoms with van der Waals surface area (Å²) >= 11 is 0. The molecule has 1 aliphatic rings. The molecule has 0 aliphatic heterocycles. The highest BCUT2D eigenvalue weighted by atomic mass is 16.3. The number of fused-ring (bicyclic) bond motifs is 1. The van der Waals surface area contributed by atoms with Gasteiger partial charge in [0.15, 0.2) is 0 Å². The van der Waals surface area contributed by atoms with Crippen LogP contribution in [0.25, 0.3) is 0 Å². The molecule has 60 valence electrons. The molecule has 11 heavy (non-hydrogen) atoms. The number of furan rings is 1. The topological polar surface area (TPSA) is 13.1 Å². The van der Waals surface area contributed by atoms with Gasteiger partial charge in [0, 0.05) is 6.42 Å². The molecule has 1 nitrogen and oxygen atoms in total. The van der Waals surface area contributed by atoms with Crippen molar-refractivity contribution in [1.82, 2.24) is 0 Å². The van der Waals surface area contributed by atoms with Crippen molar-refractivity contribution < 1.29 is 4.42 Å². The average molecular weight is 150 g/mol. The molecule has 0 radical (unpaired) electrons. The zero-order valence-corrected chi connectivity index (χ0v) is 7.18. The maximum absolute atomic E-state index is 5.58. The van der Waals surface area contributed by atoms with Gasteiger partial charge in [0.1, 0.15) is 11.5 Å². The first-order valence-electron chi connectivity index (χ1n) is 4.34. The summed E-state index contributed by atoms with van der Waals surface area (Å²) in [5.74, 6) is 3.12. The third-order valence-electron chi connectivity index (χ3n) is 2.46. The Morgan fingerprint density at radius 3 is 3.18 bits per heavy atom. The highest BCUT2D eigenvalue weighted by Crippen LogP contribution is 2.27. The molecule has 0 N–H and O–H groups in total. The molecule has 0 spiro atoms. The second-order valence-electron chi connectivity index (χ2n) is 3.65. The van der Waals surface area contributed by atoms with Crippen molar-refractivity contribution in [2.75, 3.05) is 0 Å². The molecule has 1 heterocycles. The van der Waals surface area contributed by atoms with Gasteiger partial charge in [-0.1, -0.05) is 6.92 Å². The van der Waals surface area contributed by atoms with Crippen molar-refractivity contribution in [1.29, 1.82) is 0 Å². The Morgan fingerprint density at radius 2 is 2.36 bits per heavy atom. The largest absolute Gasteiger partial charge is 0.466 e. The lowest BCUT2D eigenvalue weighted by Gasteiger charge is -2.15. The van der Waals surface area contributed by atoms with E-state index in [0.29, 0.717) is 0 Å². The van der Waals surface area contributed by atoms with Crippen LogP contribution in [-0.4, -0.2) is 0 Å². The zero-order chi connectivity index (χ0) is 7.84. The summed E-state index contributed by atoms with van der Waals surface area (Å²) in [5.41, 5.74) is 1.45. The van der Waals surface area contributed by atoms with Gasteiger partial charge in [0.2, 0.25) is 0 Å². The van der Waals surface area contributed by atoms with E-state index in [1.54, 1.807) is 0 Å². The van der Waals surface area contributed by atoms with E-state index in [0.717, 1.165) is 18.1 Å². The average Bonchev–Trinajstić information content (AvgIpc) is 2.27. The highest BCUT2D eigenvalue weighted by Gasteiger charge is 2.18. The monoisotopic (exact) mass is 150 g/mol. The van der Waals surface area contributed by atoms with Crippen LogP contribution >= 0.6 is 0 Å². The van der Waals surface area contributed by atoms with Gasteiger partial charge in [-0.05, 0) is 37.3 Å². The maximum atomic E-state index is 5.58. The van der Waals surface area contributed by atoms with Crippen LogP contribution in [0.3, 0.4) is 0 Å². The molecule has 0 aromatic carbocycles. The fourth-order valence-electron chi connectivity index (χ4n) is 1.82. The van der Waals surface area contributed by atoms with Gasteiger partial charge >= 0.3 is 0 Å². The second-order valence-corrected chi connectivity index (χ2v) is 3.65. The molecular weight excluding hydrogens is 136 g/mol. The van der Waals surface area contributed by atoms with Crippen molar-refractivity contribution in [3.63, 3.8) is 0 Å². The molecular formula is C10H14O. The molecule has 1 aromatic rings. The Labute approximate surface area is 67.4 Å². The molecule has 1 atom stereocenters. The van der Waals surface area contributed by atoms with E-state index in [1.807, 2.05) is 6.92 Å². The Balaban J connectivity index is 2.34. The lowest BCUT2D eigenvalue weighted by atomic mass is 9.90. The van der Waals surface area contributed by atoms with Crippen LogP contribution in [0.15, 0.2) is 10.5 Å². The van der Waals surface area contributed by atoms with Crippen LogP contribution in [0.4, 0.5) is 0 Å². The third-order valence-corrected chi connectivity index (χ3v) is 2.46. The normalized spacial score (nSPS) is 23.3. The second kappa shape index (κ2) is 2.40. The van der Waals surface area contributed by atoms with Crippen LogP contribution in [0.2, 0.25) is 0 Å². The van der Waals surface area contributed by atoms with E-state index in [4.69, 9.17) is 4.42 Å². The fraction of sp³-hybridized carbons (Fsp3) is 0.600. The van der Waals surface area contributed by atoms with Crippen molar-refractivity contribution in [2.45, 2.75) is 33.1 Å². The number of rotatable bonds is 0. The van der Waals surface area contributed by atoms with E-state index >= 15 is 0 Å². The van der Waals surface area contributed by atoms with Gasteiger partial charge in [0.25, 0.3) is 0 Å². The summed E-state index contributed by atoms with van der Waals surface area (Å²) in [6, 6.07) is 2.18. The van der Waals surface area contributed by atoms with Gasteiger partial charge in [0.05, 0.1) is 0 Å². The first-order valence-corrected chi connectivity index (χ1v) is 4.34. The van der Waals surface area contributed by atoms with Crippen molar-refractivity contribution in [3.05, 3.63) is 23.2 Å². The lowest BCUT2D eigenvalue weighted by molar-refractivity contribution is 0.403. The molecule has 1 heteroatoms. The van der Waals surface area contributed by atoms with Crippen molar-refractivity contribution >= 4 is 0 Å². The van der Waals surface area contributed by atoms with Gasteiger partial charge in [-0.25, -0.2) is 0 Å². The third kappa shape index (κ3) is 1.20. The van der Waals surface area contributed by atoms with E-state index < -0.39 is 0 Å². The van der Waals surface area contributed by atoms with Gasteiger partial charge in [-0.3, -0.25) is 0 Å². The number of hydrogen-bond donors (Lipinski definition) is 0. The van der Waals surface area contributed by atoms with E-state index in [-0.39, 0.29) is 0 Å². The molecule has 0 saturated heterocycles. The molecule has 0 bridgehead atoms. The van der Waals surface area contributed by atoms with Gasteiger partial charge in [-0.2, -0.15) is 0 Å². The van der Waals surface area contributed by atoms with E-state index in [1.165, 1.54) is 24.2 Å². The molecule has 1 unspecified atom stereocenters. The summed E-state index contributed by atoms with van der Waals surface area (Å²) in [6.07, 6.45) is 3.68. The standard InChI is InChI=1S/C10H14O/c1-7-3-4-9-6-8(2)11-10(9)5-7/h6-7H,3-5H2,1-2H3. The summed E-state index contributed by atoms with van der Waals surface area (Å²) in [5, 5.41) is 0. The number of aryl methyl sites for hydroxylation is 2. The first-order chi connectivity index (χ1) is 5.25. The molecule has 0 amide bonds. The molecule has 0 fully saturated rings. The summed E-state index contributed by atoms with van der Waals surface area (Å²) < 4.78 is 5.58. The van der Waals surface area contributed by atoms with Crippen LogP contribution < -0.4 is 0 Å². The predicted octanol–water partition coefficient (Wildman–Crippen LogP) is 2.71. The SMILES string of the molecule is Cc1cc2c(o1)CC(C)CC2. The lowest BCUT2D eigenvalue weighted by Crippen LogP contribution is -2.08. The zero-order valence-electron chi connectivity index (χ0n) is 7.18. The Hall–Kier alpha value is -0.720. The predicted molar refractivity (Wildman–Crippen MR) is 44.6 cm³/mol. The van der Waals surface area contributed by atoms with Gasteiger partial charge in [-0.15, -0.1) is 0 Å². The summed E-state index contributed by atoms with van der Waals surface area (Å²) in [6.45, 7) is 4.32. The Bertz CT molecular complexity index is 260. The Kier molecular flexibility index (Phi) is 1.52. The quantitative estimate of drug-likeness (QED) is 0.554. The molecule has 1 aromatic heterocycles. The minimum atomic E-state index is 0.813. The molecule has 2 rings (SSSR count). The van der Waals surface area contributed by atoms with Crippen LogP contribution in [0.1, 0.15) is 30.4 Å². The van der Waals surface area contributed by atoms with Crippen molar-refractivity contribution in [3.8, 4) is 0 Å². The highest BCUT2D eigenvalue weighted by molar-refractivity contribution is 5.23. The Morgan fingerprint density at radius 1 is 1.55 bits per heavy atom. The smallest absolute Gasteiger partial charge is 0.107 e. The van der Waals surface area contributed by atoms with Crippen LogP contribution in [0, 0.1) is 12.8 Å². The molecule has 1 aliphatic carbocycles. The minimum Gasteiger partial charge on any atom is -0.466 e. The van der Waals surface area contributed by atoms with Crippen LogP contribution in [0.5, 0.6) is 0 Å². The van der Waals surface area contributed by atoms with Crippen molar-refractivity contribution in [2.24, 2.45) is 5.92 Å². The maximum Gasteiger partial charge on any atom is 0.107 e. The first kappa shape index (κ1) is 6.96. The summed E-state index contributed by atoms with van der Waals surface area (Å²) in [7, 11) is 0. The fourth-order valence-corrected chi connectivity index (χ4v) is 1.82. The summed E-state index contributed by atoms with van der Waals surface area (Å²) in [4.78, 5) is 0. The van der Waals surface area contributed by atoms with Crippen LogP contribution in [-0.2, 0) is 12.8 Å². The van der Waals surface area contributed by atoms with Gasteiger partial charge < -0.3 is 4.42 Å².